The van der Waals surface area contributed by atoms with E-state index in [-0.39, 0.29) is 0 Å². The van der Waals surface area contributed by atoms with Crippen molar-refractivity contribution >= 4 is 0 Å². The van der Waals surface area contributed by atoms with Crippen molar-refractivity contribution < 1.29 is 0 Å². The van der Waals surface area contributed by atoms with Gasteiger partial charge in [-0.2, -0.15) is 0 Å². The molecule has 1 spiro atoms. The van der Waals surface area contributed by atoms with Crippen LogP contribution in [0.25, 0.3) is 0 Å². The lowest BCUT2D eigenvalue weighted by atomic mass is 9.86. The lowest BCUT2D eigenvalue weighted by Gasteiger charge is -2.38. The summed E-state index contributed by atoms with van der Waals surface area (Å²) in [5.74, 6) is 0. The van der Waals surface area contributed by atoms with Crippen molar-refractivity contribution in [3.8, 4) is 0 Å². The maximum Gasteiger partial charge on any atom is 0.0398 e. The van der Waals surface area contributed by atoms with E-state index in [9.17, 15) is 0 Å². The molecule has 0 radical (unpaired) electrons. The van der Waals surface area contributed by atoms with Gasteiger partial charge in [0.25, 0.3) is 0 Å². The zero-order chi connectivity index (χ0) is 8.60. The summed E-state index contributed by atoms with van der Waals surface area (Å²) >= 11 is 0. The number of nitrogens with zero attached hydrogens (tertiary/aromatic N) is 1. The van der Waals surface area contributed by atoms with Gasteiger partial charge < -0.3 is 10.2 Å². The molecule has 2 aliphatic heterocycles. The average Bonchev–Trinajstić information content (AvgIpc) is 2.40. The molecule has 0 amide bonds. The Kier molecular flexibility index (Phi) is 1.87. The Hall–Kier alpha value is -0.500. The standard InChI is InChI=1S/C10H18N2/c1-9-3-4-10(11-9)5-7-12(2)8-6-10/h11H,1,3-8H2,2H3. The summed E-state index contributed by atoms with van der Waals surface area (Å²) < 4.78 is 0. The third-order valence-corrected chi connectivity index (χ3v) is 3.29. The van der Waals surface area contributed by atoms with Gasteiger partial charge in [0.05, 0.1) is 0 Å². The van der Waals surface area contributed by atoms with E-state index in [2.05, 4.69) is 23.8 Å². The second-order valence-electron chi connectivity index (χ2n) is 4.31. The molecule has 2 heterocycles. The van der Waals surface area contributed by atoms with Gasteiger partial charge in [-0.1, -0.05) is 6.58 Å². The highest BCUT2D eigenvalue weighted by atomic mass is 15.1. The highest BCUT2D eigenvalue weighted by molar-refractivity contribution is 5.10. The van der Waals surface area contributed by atoms with Crippen LogP contribution in [0.3, 0.4) is 0 Å². The third kappa shape index (κ3) is 1.36. The molecule has 0 bridgehead atoms. The van der Waals surface area contributed by atoms with Gasteiger partial charge in [0.1, 0.15) is 0 Å². The molecular weight excluding hydrogens is 148 g/mol. The third-order valence-electron chi connectivity index (χ3n) is 3.29. The van der Waals surface area contributed by atoms with Gasteiger partial charge in [-0.25, -0.2) is 0 Å². The van der Waals surface area contributed by atoms with Gasteiger partial charge in [-0.15, -0.1) is 0 Å². The monoisotopic (exact) mass is 166 g/mol. The largest absolute Gasteiger partial charge is 0.383 e. The summed E-state index contributed by atoms with van der Waals surface area (Å²) in [5, 5.41) is 3.57. The van der Waals surface area contributed by atoms with Crippen molar-refractivity contribution in [2.75, 3.05) is 20.1 Å². The molecular formula is C10H18N2. The van der Waals surface area contributed by atoms with E-state index >= 15 is 0 Å². The minimum Gasteiger partial charge on any atom is -0.383 e. The fraction of sp³-hybridized carbons (Fsp3) is 0.800. The van der Waals surface area contributed by atoms with Crippen molar-refractivity contribution in [2.45, 2.75) is 31.2 Å². The Morgan fingerprint density at radius 2 is 2.00 bits per heavy atom. The van der Waals surface area contributed by atoms with Gasteiger partial charge in [-0.3, -0.25) is 0 Å². The lowest BCUT2D eigenvalue weighted by Crippen LogP contribution is -2.48. The first kappa shape index (κ1) is 8.11. The van der Waals surface area contributed by atoms with E-state index in [0.717, 1.165) is 0 Å². The Bertz CT molecular complexity index is 190. The zero-order valence-corrected chi connectivity index (χ0v) is 7.90. The van der Waals surface area contributed by atoms with Gasteiger partial charge in [-0.05, 0) is 32.7 Å². The molecule has 2 saturated heterocycles. The molecule has 0 atom stereocenters. The van der Waals surface area contributed by atoms with E-state index in [4.69, 9.17) is 0 Å². The van der Waals surface area contributed by atoms with Gasteiger partial charge in [0.15, 0.2) is 0 Å². The molecule has 68 valence electrons. The van der Waals surface area contributed by atoms with Crippen LogP contribution >= 0.6 is 0 Å². The molecule has 2 aliphatic rings. The molecule has 0 aromatic heterocycles. The van der Waals surface area contributed by atoms with E-state index in [0.29, 0.717) is 5.54 Å². The Labute approximate surface area is 74.6 Å². The second-order valence-corrected chi connectivity index (χ2v) is 4.31. The molecule has 0 aliphatic carbocycles. The van der Waals surface area contributed by atoms with Gasteiger partial charge in [0, 0.05) is 24.3 Å². The van der Waals surface area contributed by atoms with E-state index in [1.54, 1.807) is 0 Å². The normalized spacial score (nSPS) is 29.2. The first-order valence-corrected chi connectivity index (χ1v) is 4.85. The number of hydrogen-bond donors (Lipinski definition) is 1. The number of allylic oxidation sites excluding steroid dienone is 1. The molecule has 2 heteroatoms. The van der Waals surface area contributed by atoms with Crippen LogP contribution in [0.1, 0.15) is 25.7 Å². The number of hydrogen-bond acceptors (Lipinski definition) is 2. The summed E-state index contributed by atoms with van der Waals surface area (Å²) in [6.07, 6.45) is 5.08. The van der Waals surface area contributed by atoms with Crippen LogP contribution < -0.4 is 5.32 Å². The summed E-state index contributed by atoms with van der Waals surface area (Å²) in [6.45, 7) is 6.47. The highest BCUT2D eigenvalue weighted by Gasteiger charge is 2.37. The quantitative estimate of drug-likeness (QED) is 0.584. The van der Waals surface area contributed by atoms with E-state index in [1.165, 1.54) is 44.5 Å². The number of likely N-dealkylation sites (tertiary alicyclic amines) is 1. The van der Waals surface area contributed by atoms with Gasteiger partial charge in [0.2, 0.25) is 0 Å². The van der Waals surface area contributed by atoms with Crippen LogP contribution in [0, 0.1) is 0 Å². The van der Waals surface area contributed by atoms with Crippen LogP contribution in [0.2, 0.25) is 0 Å². The molecule has 2 fully saturated rings. The summed E-state index contributed by atoms with van der Waals surface area (Å²) in [5.41, 5.74) is 1.68. The Balaban J connectivity index is 1.99. The predicted molar refractivity (Wildman–Crippen MR) is 51.0 cm³/mol. The highest BCUT2D eigenvalue weighted by Crippen LogP contribution is 2.33. The molecule has 0 saturated carbocycles. The Morgan fingerprint density at radius 3 is 2.50 bits per heavy atom. The van der Waals surface area contributed by atoms with Crippen molar-refractivity contribution in [1.29, 1.82) is 0 Å². The average molecular weight is 166 g/mol. The predicted octanol–water partition coefficient (Wildman–Crippen LogP) is 1.35. The SMILES string of the molecule is C=C1CCC2(CCN(C)CC2)N1. The summed E-state index contributed by atoms with van der Waals surface area (Å²) in [6, 6.07) is 0. The molecule has 1 N–H and O–H groups in total. The van der Waals surface area contributed by atoms with Crippen molar-refractivity contribution in [1.82, 2.24) is 10.2 Å². The van der Waals surface area contributed by atoms with Crippen LogP contribution in [0.15, 0.2) is 12.3 Å². The summed E-state index contributed by atoms with van der Waals surface area (Å²) in [4.78, 5) is 2.41. The molecule has 2 rings (SSSR count). The topological polar surface area (TPSA) is 15.3 Å². The molecule has 0 unspecified atom stereocenters. The first-order chi connectivity index (χ1) is 5.70. The fourth-order valence-corrected chi connectivity index (χ4v) is 2.31. The summed E-state index contributed by atoms with van der Waals surface area (Å²) in [7, 11) is 2.20. The molecule has 0 aromatic rings. The minimum atomic E-state index is 0.434. The lowest BCUT2D eigenvalue weighted by molar-refractivity contribution is 0.176. The van der Waals surface area contributed by atoms with E-state index in [1.807, 2.05) is 0 Å². The molecule has 2 nitrogen and oxygen atoms in total. The maximum atomic E-state index is 4.00. The number of nitrogens with one attached hydrogen (secondary N) is 1. The van der Waals surface area contributed by atoms with Crippen molar-refractivity contribution in [3.05, 3.63) is 12.3 Å². The van der Waals surface area contributed by atoms with Crippen LogP contribution in [-0.2, 0) is 0 Å². The van der Waals surface area contributed by atoms with Crippen LogP contribution in [0.5, 0.6) is 0 Å². The minimum absolute atomic E-state index is 0.434. The van der Waals surface area contributed by atoms with Gasteiger partial charge >= 0.3 is 0 Å². The maximum absolute atomic E-state index is 4.00. The van der Waals surface area contributed by atoms with Crippen LogP contribution in [0.4, 0.5) is 0 Å². The second kappa shape index (κ2) is 2.77. The molecule has 0 aromatic carbocycles. The first-order valence-electron chi connectivity index (χ1n) is 4.85. The van der Waals surface area contributed by atoms with E-state index < -0.39 is 0 Å². The molecule has 12 heavy (non-hydrogen) atoms. The smallest absolute Gasteiger partial charge is 0.0398 e. The van der Waals surface area contributed by atoms with Crippen LogP contribution in [-0.4, -0.2) is 30.6 Å². The zero-order valence-electron chi connectivity index (χ0n) is 7.90. The van der Waals surface area contributed by atoms with Crippen molar-refractivity contribution in [3.63, 3.8) is 0 Å². The number of piperidine rings is 1. The Morgan fingerprint density at radius 1 is 1.33 bits per heavy atom. The number of rotatable bonds is 0. The fourth-order valence-electron chi connectivity index (χ4n) is 2.31. The van der Waals surface area contributed by atoms with Crippen molar-refractivity contribution in [2.24, 2.45) is 0 Å².